The SMILES string of the molecule is O=Cc1cc(Br)c(CC2(O)CC2)c2c1OCO2. The van der Waals surface area contributed by atoms with Crippen molar-refractivity contribution in [2.75, 3.05) is 6.79 Å². The fraction of sp³-hybridized carbons (Fsp3) is 0.417. The highest BCUT2D eigenvalue weighted by Crippen LogP contribution is 2.47. The molecular formula is C12H11BrO4. The number of ether oxygens (including phenoxy) is 2. The maximum absolute atomic E-state index is 10.9. The summed E-state index contributed by atoms with van der Waals surface area (Å²) < 4.78 is 11.5. The van der Waals surface area contributed by atoms with E-state index in [2.05, 4.69) is 15.9 Å². The average molecular weight is 299 g/mol. The number of rotatable bonds is 3. The fourth-order valence-corrected chi connectivity index (χ4v) is 2.58. The molecule has 1 aromatic rings. The van der Waals surface area contributed by atoms with Gasteiger partial charge in [-0.1, -0.05) is 15.9 Å². The van der Waals surface area contributed by atoms with Gasteiger partial charge in [-0.05, 0) is 18.9 Å². The molecule has 5 heteroatoms. The van der Waals surface area contributed by atoms with E-state index < -0.39 is 5.60 Å². The summed E-state index contributed by atoms with van der Waals surface area (Å²) in [4.78, 5) is 10.9. The summed E-state index contributed by atoms with van der Waals surface area (Å²) in [6.07, 6.45) is 2.89. The van der Waals surface area contributed by atoms with Crippen LogP contribution in [0.25, 0.3) is 0 Å². The van der Waals surface area contributed by atoms with Gasteiger partial charge in [-0.25, -0.2) is 0 Å². The Balaban J connectivity index is 2.08. The molecule has 1 saturated carbocycles. The Labute approximate surface area is 107 Å². The number of aliphatic hydroxyl groups is 1. The van der Waals surface area contributed by atoms with Crippen molar-refractivity contribution in [3.63, 3.8) is 0 Å². The molecule has 17 heavy (non-hydrogen) atoms. The van der Waals surface area contributed by atoms with E-state index >= 15 is 0 Å². The van der Waals surface area contributed by atoms with Crippen molar-refractivity contribution in [2.24, 2.45) is 0 Å². The smallest absolute Gasteiger partial charge is 0.231 e. The predicted octanol–water partition coefficient (Wildman–Crippen LogP) is 2.06. The van der Waals surface area contributed by atoms with Gasteiger partial charge in [0, 0.05) is 16.5 Å². The molecule has 0 saturated heterocycles. The minimum absolute atomic E-state index is 0.123. The second-order valence-electron chi connectivity index (χ2n) is 4.51. The van der Waals surface area contributed by atoms with Crippen LogP contribution in [0.3, 0.4) is 0 Å². The van der Waals surface area contributed by atoms with Crippen LogP contribution in [-0.4, -0.2) is 23.8 Å². The Morgan fingerprint density at radius 1 is 1.41 bits per heavy atom. The largest absolute Gasteiger partial charge is 0.453 e. The molecule has 90 valence electrons. The van der Waals surface area contributed by atoms with Crippen LogP contribution in [0.2, 0.25) is 0 Å². The highest BCUT2D eigenvalue weighted by atomic mass is 79.9. The third-order valence-corrected chi connectivity index (χ3v) is 3.89. The molecule has 0 amide bonds. The van der Waals surface area contributed by atoms with E-state index in [9.17, 15) is 9.90 Å². The number of fused-ring (bicyclic) bond motifs is 1. The van der Waals surface area contributed by atoms with E-state index in [0.717, 1.165) is 29.2 Å². The Morgan fingerprint density at radius 2 is 2.12 bits per heavy atom. The van der Waals surface area contributed by atoms with Gasteiger partial charge in [-0.2, -0.15) is 0 Å². The summed E-state index contributed by atoms with van der Waals surface area (Å²) >= 11 is 3.42. The molecule has 1 aromatic carbocycles. The van der Waals surface area contributed by atoms with E-state index in [0.29, 0.717) is 23.5 Å². The molecule has 1 heterocycles. The highest BCUT2D eigenvalue weighted by molar-refractivity contribution is 9.10. The molecule has 4 nitrogen and oxygen atoms in total. The van der Waals surface area contributed by atoms with Crippen LogP contribution in [0.5, 0.6) is 11.5 Å². The molecule has 0 spiro atoms. The Hall–Kier alpha value is -1.07. The molecule has 0 aromatic heterocycles. The minimum Gasteiger partial charge on any atom is -0.453 e. The molecular weight excluding hydrogens is 288 g/mol. The number of hydrogen-bond donors (Lipinski definition) is 1. The Bertz CT molecular complexity index is 494. The summed E-state index contributed by atoms with van der Waals surface area (Å²) in [6, 6.07) is 1.71. The van der Waals surface area contributed by atoms with Gasteiger partial charge >= 0.3 is 0 Å². The molecule has 0 bridgehead atoms. The first-order valence-corrected chi connectivity index (χ1v) is 6.21. The van der Waals surface area contributed by atoms with E-state index in [1.54, 1.807) is 6.07 Å². The lowest BCUT2D eigenvalue weighted by Crippen LogP contribution is -2.12. The third kappa shape index (κ3) is 1.83. The van der Waals surface area contributed by atoms with Gasteiger partial charge in [-0.3, -0.25) is 4.79 Å². The van der Waals surface area contributed by atoms with Crippen molar-refractivity contribution >= 4 is 22.2 Å². The van der Waals surface area contributed by atoms with Crippen LogP contribution in [-0.2, 0) is 6.42 Å². The van der Waals surface area contributed by atoms with Gasteiger partial charge in [0.15, 0.2) is 17.8 Å². The first kappa shape index (κ1) is 11.0. The zero-order valence-electron chi connectivity index (χ0n) is 9.03. The van der Waals surface area contributed by atoms with Crippen molar-refractivity contribution in [1.82, 2.24) is 0 Å². The second-order valence-corrected chi connectivity index (χ2v) is 5.36. The molecule has 1 aliphatic carbocycles. The molecule has 1 aliphatic heterocycles. The minimum atomic E-state index is -0.606. The molecule has 1 N–H and O–H groups in total. The summed E-state index contributed by atoms with van der Waals surface area (Å²) in [5, 5.41) is 9.98. The number of carbonyl (C=O) groups is 1. The summed E-state index contributed by atoms with van der Waals surface area (Å²) in [6.45, 7) is 0.123. The maximum atomic E-state index is 10.9. The van der Waals surface area contributed by atoms with Gasteiger partial charge in [0.05, 0.1) is 11.2 Å². The van der Waals surface area contributed by atoms with E-state index in [-0.39, 0.29) is 6.79 Å². The van der Waals surface area contributed by atoms with Crippen LogP contribution < -0.4 is 9.47 Å². The quantitative estimate of drug-likeness (QED) is 0.868. The number of carbonyl (C=O) groups excluding carboxylic acids is 1. The van der Waals surface area contributed by atoms with Gasteiger partial charge in [-0.15, -0.1) is 0 Å². The second kappa shape index (κ2) is 3.71. The van der Waals surface area contributed by atoms with Gasteiger partial charge in [0.1, 0.15) is 0 Å². The monoisotopic (exact) mass is 298 g/mol. The molecule has 0 unspecified atom stereocenters. The van der Waals surface area contributed by atoms with Crippen LogP contribution in [0.1, 0.15) is 28.8 Å². The lowest BCUT2D eigenvalue weighted by Gasteiger charge is -2.13. The van der Waals surface area contributed by atoms with Crippen molar-refractivity contribution in [1.29, 1.82) is 0 Å². The maximum Gasteiger partial charge on any atom is 0.231 e. The van der Waals surface area contributed by atoms with Gasteiger partial charge < -0.3 is 14.6 Å². The summed E-state index contributed by atoms with van der Waals surface area (Å²) in [5.41, 5.74) is 0.740. The lowest BCUT2D eigenvalue weighted by atomic mass is 10.0. The number of aldehydes is 1. The van der Waals surface area contributed by atoms with E-state index in [1.807, 2.05) is 0 Å². The predicted molar refractivity (Wildman–Crippen MR) is 63.5 cm³/mol. The van der Waals surface area contributed by atoms with E-state index in [4.69, 9.17) is 9.47 Å². The third-order valence-electron chi connectivity index (χ3n) is 3.18. The zero-order valence-corrected chi connectivity index (χ0v) is 10.6. The molecule has 1 fully saturated rings. The lowest BCUT2D eigenvalue weighted by molar-refractivity contribution is 0.111. The number of hydrogen-bond acceptors (Lipinski definition) is 4. The van der Waals surface area contributed by atoms with Gasteiger partial charge in [0.2, 0.25) is 6.79 Å². The van der Waals surface area contributed by atoms with Crippen LogP contribution in [0.4, 0.5) is 0 Å². The topological polar surface area (TPSA) is 55.8 Å². The average Bonchev–Trinajstić information content (AvgIpc) is 2.85. The molecule has 0 radical (unpaired) electrons. The van der Waals surface area contributed by atoms with E-state index in [1.165, 1.54) is 0 Å². The molecule has 2 aliphatic rings. The summed E-state index contributed by atoms with van der Waals surface area (Å²) in [5.74, 6) is 1.07. The first-order valence-electron chi connectivity index (χ1n) is 5.41. The normalized spacial score (nSPS) is 19.2. The Morgan fingerprint density at radius 3 is 2.76 bits per heavy atom. The van der Waals surface area contributed by atoms with Crippen molar-refractivity contribution in [3.8, 4) is 11.5 Å². The summed E-state index contributed by atoms with van der Waals surface area (Å²) in [7, 11) is 0. The first-order chi connectivity index (χ1) is 8.13. The Kier molecular flexibility index (Phi) is 2.41. The van der Waals surface area contributed by atoms with Crippen molar-refractivity contribution < 1.29 is 19.4 Å². The van der Waals surface area contributed by atoms with Crippen LogP contribution in [0, 0.1) is 0 Å². The highest BCUT2D eigenvalue weighted by Gasteiger charge is 2.42. The zero-order chi connectivity index (χ0) is 12.0. The van der Waals surface area contributed by atoms with Gasteiger partial charge in [0.25, 0.3) is 0 Å². The van der Waals surface area contributed by atoms with Crippen molar-refractivity contribution in [3.05, 3.63) is 21.7 Å². The van der Waals surface area contributed by atoms with Crippen LogP contribution in [0.15, 0.2) is 10.5 Å². The number of benzene rings is 1. The standard InChI is InChI=1S/C12H11BrO4/c13-9-3-7(5-14)10-11(17-6-16-10)8(9)4-12(15)1-2-12/h3,5,15H,1-2,4,6H2. The van der Waals surface area contributed by atoms with Crippen LogP contribution >= 0.6 is 15.9 Å². The van der Waals surface area contributed by atoms with Crippen molar-refractivity contribution in [2.45, 2.75) is 24.9 Å². The molecule has 3 rings (SSSR count). The number of halogens is 1. The fourth-order valence-electron chi connectivity index (χ4n) is 2.02. The molecule has 0 atom stereocenters.